The summed E-state index contributed by atoms with van der Waals surface area (Å²) in [5, 5.41) is 0. The van der Waals surface area contributed by atoms with E-state index in [9.17, 15) is 9.18 Å². The molecule has 0 aliphatic carbocycles. The fraction of sp³-hybridized carbons (Fsp3) is 0.353. The molecule has 2 N–H and O–H groups in total. The van der Waals surface area contributed by atoms with Crippen molar-refractivity contribution in [3.63, 3.8) is 0 Å². The van der Waals surface area contributed by atoms with Crippen molar-refractivity contribution in [2.45, 2.75) is 13.0 Å². The number of hydrogen-bond donors (Lipinski definition) is 1. The maximum atomic E-state index is 13.4. The van der Waals surface area contributed by atoms with Gasteiger partial charge in [0.2, 0.25) is 0 Å². The van der Waals surface area contributed by atoms with Gasteiger partial charge in [-0.3, -0.25) is 9.69 Å². The largest absolute Gasteiger partial charge is 0.368 e. The molecule has 3 rings (SSSR count). The highest BCUT2D eigenvalue weighted by Crippen LogP contribution is 2.25. The molecule has 1 saturated heterocycles. The Morgan fingerprint density at radius 3 is 2.50 bits per heavy atom. The second kappa shape index (κ2) is 6.92. The van der Waals surface area contributed by atoms with Gasteiger partial charge in [0.15, 0.2) is 0 Å². The fourth-order valence-corrected chi connectivity index (χ4v) is 3.02. The molecule has 24 heavy (non-hydrogen) atoms. The van der Waals surface area contributed by atoms with Crippen LogP contribution >= 0.6 is 0 Å². The number of halogens is 1. The predicted octanol–water partition coefficient (Wildman–Crippen LogP) is 1.60. The minimum atomic E-state index is -0.613. The molecule has 0 radical (unpaired) electrons. The van der Waals surface area contributed by atoms with Crippen LogP contribution in [0.3, 0.4) is 0 Å². The number of primary amides is 1. The molecule has 6 nitrogen and oxygen atoms in total. The van der Waals surface area contributed by atoms with Crippen LogP contribution < -0.4 is 10.6 Å². The molecule has 2 heterocycles. The second-order valence-corrected chi connectivity index (χ2v) is 5.83. The topological polar surface area (TPSA) is 75.3 Å². The lowest BCUT2D eigenvalue weighted by Gasteiger charge is -2.39. The summed E-state index contributed by atoms with van der Waals surface area (Å²) in [4.78, 5) is 24.5. The summed E-state index contributed by atoms with van der Waals surface area (Å²) in [5.74, 6) is -0.274. The maximum absolute atomic E-state index is 13.4. The number of benzene rings is 1. The number of rotatable bonds is 4. The second-order valence-electron chi connectivity index (χ2n) is 5.83. The molecular formula is C17H20FN5O. The number of nitrogens with two attached hydrogens (primary N) is 1. The van der Waals surface area contributed by atoms with Crippen LogP contribution in [0.1, 0.15) is 29.1 Å². The number of carbonyl (C=O) groups is 1. The third-order valence-corrected chi connectivity index (χ3v) is 4.39. The van der Waals surface area contributed by atoms with Crippen LogP contribution in [0.5, 0.6) is 0 Å². The van der Waals surface area contributed by atoms with Gasteiger partial charge in [-0.15, -0.1) is 0 Å². The van der Waals surface area contributed by atoms with Crippen LogP contribution in [0.2, 0.25) is 0 Å². The van der Waals surface area contributed by atoms with Gasteiger partial charge in [-0.1, -0.05) is 0 Å². The molecule has 0 spiro atoms. The zero-order chi connectivity index (χ0) is 17.1. The van der Waals surface area contributed by atoms with Crippen LogP contribution in [0.25, 0.3) is 0 Å². The maximum Gasteiger partial charge on any atom is 0.250 e. The van der Waals surface area contributed by atoms with Crippen molar-refractivity contribution < 1.29 is 9.18 Å². The number of anilines is 1. The summed E-state index contributed by atoms with van der Waals surface area (Å²) >= 11 is 0. The highest BCUT2D eigenvalue weighted by Gasteiger charge is 2.25. The number of carbonyl (C=O) groups excluding carboxylic acids is 1. The summed E-state index contributed by atoms with van der Waals surface area (Å²) in [6.07, 6.45) is 3.49. The molecule has 1 aliphatic rings. The van der Waals surface area contributed by atoms with Crippen molar-refractivity contribution >= 4 is 11.6 Å². The SMILES string of the molecule is CC(c1ncccn1)N1CCN(c2ccc(F)cc2C(N)=O)CC1. The van der Waals surface area contributed by atoms with Crippen molar-refractivity contribution in [1.82, 2.24) is 14.9 Å². The average molecular weight is 329 g/mol. The summed E-state index contributed by atoms with van der Waals surface area (Å²) in [5.41, 5.74) is 6.29. The van der Waals surface area contributed by atoms with Crippen molar-refractivity contribution in [3.05, 3.63) is 53.9 Å². The molecule has 1 aromatic carbocycles. The Labute approximate surface area is 140 Å². The van der Waals surface area contributed by atoms with Crippen LogP contribution in [0, 0.1) is 5.82 Å². The molecule has 1 amide bonds. The summed E-state index contributed by atoms with van der Waals surface area (Å²) in [6.45, 7) is 5.13. The zero-order valence-electron chi connectivity index (χ0n) is 13.5. The van der Waals surface area contributed by atoms with Gasteiger partial charge in [0.25, 0.3) is 5.91 Å². The lowest BCUT2D eigenvalue weighted by atomic mass is 10.1. The molecule has 126 valence electrons. The average Bonchev–Trinajstić information content (AvgIpc) is 2.62. The lowest BCUT2D eigenvalue weighted by Crippen LogP contribution is -2.48. The quantitative estimate of drug-likeness (QED) is 0.922. The van der Waals surface area contributed by atoms with E-state index in [1.165, 1.54) is 12.1 Å². The first kappa shape index (κ1) is 16.3. The Morgan fingerprint density at radius 1 is 1.21 bits per heavy atom. The first-order valence-corrected chi connectivity index (χ1v) is 7.91. The smallest absolute Gasteiger partial charge is 0.250 e. The number of amides is 1. The van der Waals surface area contributed by atoms with Gasteiger partial charge < -0.3 is 10.6 Å². The van der Waals surface area contributed by atoms with E-state index in [4.69, 9.17) is 5.73 Å². The van der Waals surface area contributed by atoms with E-state index in [1.807, 2.05) is 0 Å². The summed E-state index contributed by atoms with van der Waals surface area (Å²) < 4.78 is 13.4. The molecule has 0 saturated carbocycles. The zero-order valence-corrected chi connectivity index (χ0v) is 13.5. The van der Waals surface area contributed by atoms with Crippen LogP contribution in [0.4, 0.5) is 10.1 Å². The van der Waals surface area contributed by atoms with Gasteiger partial charge in [-0.05, 0) is 31.2 Å². The van der Waals surface area contributed by atoms with Crippen molar-refractivity contribution in [1.29, 1.82) is 0 Å². The standard InChI is InChI=1S/C17H20FN5O/c1-12(17-20-5-2-6-21-17)22-7-9-23(10-8-22)15-4-3-13(18)11-14(15)16(19)24/h2-6,11-12H,7-10H2,1H3,(H2,19,24). The fourth-order valence-electron chi connectivity index (χ4n) is 3.02. The van der Waals surface area contributed by atoms with Gasteiger partial charge in [0.05, 0.1) is 11.6 Å². The normalized spacial score (nSPS) is 16.8. The van der Waals surface area contributed by atoms with Gasteiger partial charge in [0.1, 0.15) is 11.6 Å². The Kier molecular flexibility index (Phi) is 4.71. The van der Waals surface area contributed by atoms with Gasteiger partial charge >= 0.3 is 0 Å². The van der Waals surface area contributed by atoms with Crippen molar-refractivity contribution in [2.75, 3.05) is 31.1 Å². The molecule has 0 bridgehead atoms. The Morgan fingerprint density at radius 2 is 1.88 bits per heavy atom. The van der Waals surface area contributed by atoms with Crippen LogP contribution in [-0.4, -0.2) is 47.0 Å². The molecular weight excluding hydrogens is 309 g/mol. The minimum absolute atomic E-state index is 0.122. The van der Waals surface area contributed by atoms with Crippen LogP contribution in [0.15, 0.2) is 36.7 Å². The number of nitrogens with zero attached hydrogens (tertiary/aromatic N) is 4. The van der Waals surface area contributed by atoms with E-state index in [1.54, 1.807) is 24.5 Å². The van der Waals surface area contributed by atoms with Gasteiger partial charge in [-0.25, -0.2) is 14.4 Å². The number of hydrogen-bond acceptors (Lipinski definition) is 5. The molecule has 2 aromatic rings. The molecule has 1 aliphatic heterocycles. The Balaban J connectivity index is 1.71. The molecule has 1 atom stereocenters. The van der Waals surface area contributed by atoms with E-state index in [0.29, 0.717) is 5.69 Å². The molecule has 1 unspecified atom stereocenters. The lowest BCUT2D eigenvalue weighted by molar-refractivity contribution is 0.1000. The third kappa shape index (κ3) is 3.35. The van der Waals surface area contributed by atoms with Gasteiger partial charge in [0, 0.05) is 44.3 Å². The van der Waals surface area contributed by atoms with E-state index < -0.39 is 11.7 Å². The third-order valence-electron chi connectivity index (χ3n) is 4.39. The predicted molar refractivity (Wildman–Crippen MR) is 89.2 cm³/mol. The first-order valence-electron chi connectivity index (χ1n) is 7.91. The summed E-state index contributed by atoms with van der Waals surface area (Å²) in [6, 6.07) is 6.10. The first-order chi connectivity index (χ1) is 11.6. The minimum Gasteiger partial charge on any atom is -0.368 e. The number of piperazine rings is 1. The monoisotopic (exact) mass is 329 g/mol. The van der Waals surface area contributed by atoms with Crippen LogP contribution in [-0.2, 0) is 0 Å². The number of aromatic nitrogens is 2. The molecule has 7 heteroatoms. The van der Waals surface area contributed by atoms with Crippen molar-refractivity contribution in [2.24, 2.45) is 5.73 Å². The Hall–Kier alpha value is -2.54. The highest BCUT2D eigenvalue weighted by atomic mass is 19.1. The van der Waals surface area contributed by atoms with Crippen molar-refractivity contribution in [3.8, 4) is 0 Å². The van der Waals surface area contributed by atoms with E-state index >= 15 is 0 Å². The molecule has 1 aromatic heterocycles. The highest BCUT2D eigenvalue weighted by molar-refractivity contribution is 5.98. The van der Waals surface area contributed by atoms with E-state index in [0.717, 1.165) is 32.0 Å². The Bertz CT molecular complexity index is 716. The molecule has 1 fully saturated rings. The van der Waals surface area contributed by atoms with E-state index in [2.05, 4.69) is 26.7 Å². The van der Waals surface area contributed by atoms with Gasteiger partial charge in [-0.2, -0.15) is 0 Å². The summed E-state index contributed by atoms with van der Waals surface area (Å²) in [7, 11) is 0. The van der Waals surface area contributed by atoms with E-state index in [-0.39, 0.29) is 11.6 Å².